The number of hydrogen-bond acceptors (Lipinski definition) is 7. The zero-order valence-corrected chi connectivity index (χ0v) is 17.5. The number of nitro benzene ring substituents is 1. The predicted molar refractivity (Wildman–Crippen MR) is 119 cm³/mol. The molecule has 9 heteroatoms. The van der Waals surface area contributed by atoms with Crippen molar-refractivity contribution < 1.29 is 24.1 Å². The molecule has 0 aromatic heterocycles. The molecule has 2 heterocycles. The summed E-state index contributed by atoms with van der Waals surface area (Å²) in [4.78, 5) is 44.4. The van der Waals surface area contributed by atoms with Crippen molar-refractivity contribution in [3.8, 4) is 5.75 Å². The fraction of sp³-hybridized carbons (Fsp3) is 0.167. The number of carbonyl (C=O) groups excluding carboxylic acids is 2. The zero-order valence-electron chi connectivity index (χ0n) is 17.5. The highest BCUT2D eigenvalue weighted by atomic mass is 16.7. The molecule has 0 bridgehead atoms. The van der Waals surface area contributed by atoms with Crippen molar-refractivity contribution in [1.82, 2.24) is 0 Å². The normalized spacial score (nSPS) is 21.9. The Labute approximate surface area is 188 Å². The number of hydroxylamine groups is 1. The molecule has 3 atom stereocenters. The van der Waals surface area contributed by atoms with Crippen LogP contribution in [0.3, 0.4) is 0 Å². The van der Waals surface area contributed by atoms with Crippen LogP contribution in [-0.2, 0) is 14.4 Å². The summed E-state index contributed by atoms with van der Waals surface area (Å²) in [6.07, 6.45) is -1.01. The van der Waals surface area contributed by atoms with Crippen LogP contribution in [0.5, 0.6) is 5.75 Å². The Morgan fingerprint density at radius 2 is 1.55 bits per heavy atom. The molecule has 2 aliphatic heterocycles. The van der Waals surface area contributed by atoms with Crippen LogP contribution in [-0.4, -0.2) is 30.0 Å². The lowest BCUT2D eigenvalue weighted by molar-refractivity contribution is -0.384. The number of anilines is 2. The van der Waals surface area contributed by atoms with Gasteiger partial charge in [-0.25, -0.2) is 9.96 Å². The third kappa shape index (κ3) is 3.39. The number of fused-ring (bicyclic) bond motifs is 1. The Hall–Kier alpha value is -4.24. The Balaban J connectivity index is 1.54. The first-order valence-corrected chi connectivity index (χ1v) is 10.3. The van der Waals surface area contributed by atoms with Gasteiger partial charge in [-0.2, -0.15) is 0 Å². The third-order valence-electron chi connectivity index (χ3n) is 5.90. The molecule has 3 aromatic rings. The van der Waals surface area contributed by atoms with E-state index in [0.717, 1.165) is 16.2 Å². The van der Waals surface area contributed by atoms with Crippen molar-refractivity contribution in [2.45, 2.75) is 12.1 Å². The molecular weight excluding hydrogens is 426 g/mol. The van der Waals surface area contributed by atoms with Crippen molar-refractivity contribution in [2.75, 3.05) is 17.1 Å². The van der Waals surface area contributed by atoms with Gasteiger partial charge in [-0.3, -0.25) is 24.5 Å². The average Bonchev–Trinajstić information content (AvgIpc) is 3.35. The van der Waals surface area contributed by atoms with Crippen LogP contribution in [0.4, 0.5) is 17.1 Å². The first-order chi connectivity index (χ1) is 16.0. The van der Waals surface area contributed by atoms with Crippen LogP contribution in [0.25, 0.3) is 0 Å². The Bertz CT molecular complexity index is 1210. The Kier molecular flexibility index (Phi) is 5.02. The highest BCUT2D eigenvalue weighted by molar-refractivity contribution is 6.23. The number of ether oxygens (including phenoxy) is 1. The molecule has 0 aliphatic carbocycles. The van der Waals surface area contributed by atoms with E-state index < -0.39 is 34.8 Å². The number of methoxy groups -OCH3 is 1. The van der Waals surface area contributed by atoms with E-state index >= 15 is 0 Å². The van der Waals surface area contributed by atoms with Crippen molar-refractivity contribution >= 4 is 28.9 Å². The summed E-state index contributed by atoms with van der Waals surface area (Å²) in [7, 11) is 1.57. The lowest BCUT2D eigenvalue weighted by atomic mass is 9.90. The van der Waals surface area contributed by atoms with Gasteiger partial charge in [0.25, 0.3) is 11.6 Å². The second-order valence-corrected chi connectivity index (χ2v) is 7.72. The first-order valence-electron chi connectivity index (χ1n) is 10.3. The number of nitrogens with zero attached hydrogens (tertiary/aromatic N) is 3. The van der Waals surface area contributed by atoms with Gasteiger partial charge >= 0.3 is 0 Å². The van der Waals surface area contributed by atoms with Crippen molar-refractivity contribution in [2.24, 2.45) is 5.92 Å². The lowest BCUT2D eigenvalue weighted by Gasteiger charge is -2.28. The second kappa shape index (κ2) is 8.03. The number of imide groups is 1. The zero-order chi connectivity index (χ0) is 23.1. The van der Waals surface area contributed by atoms with Crippen LogP contribution < -0.4 is 14.7 Å². The number of rotatable bonds is 5. The van der Waals surface area contributed by atoms with Gasteiger partial charge in [0.1, 0.15) is 11.7 Å². The third-order valence-corrected chi connectivity index (χ3v) is 5.90. The van der Waals surface area contributed by atoms with Crippen molar-refractivity contribution in [3.05, 3.63) is 94.5 Å². The monoisotopic (exact) mass is 445 g/mol. The minimum atomic E-state index is -1.01. The summed E-state index contributed by atoms with van der Waals surface area (Å²) in [6.45, 7) is 0. The van der Waals surface area contributed by atoms with Crippen molar-refractivity contribution in [1.29, 1.82) is 0 Å². The lowest BCUT2D eigenvalue weighted by Crippen LogP contribution is -2.37. The summed E-state index contributed by atoms with van der Waals surface area (Å²) < 4.78 is 5.25. The highest BCUT2D eigenvalue weighted by Gasteiger charge is 2.60. The number of nitro groups is 1. The van der Waals surface area contributed by atoms with Crippen LogP contribution in [0.15, 0.2) is 78.9 Å². The molecule has 2 fully saturated rings. The molecule has 0 N–H and O–H groups in total. The van der Waals surface area contributed by atoms with E-state index in [2.05, 4.69) is 0 Å². The summed E-state index contributed by atoms with van der Waals surface area (Å²) in [6, 6.07) is 21.3. The quantitative estimate of drug-likeness (QED) is 0.336. The van der Waals surface area contributed by atoms with E-state index in [4.69, 9.17) is 9.57 Å². The molecule has 3 aromatic carbocycles. The molecule has 166 valence electrons. The molecule has 2 saturated heterocycles. The van der Waals surface area contributed by atoms with E-state index in [-0.39, 0.29) is 11.4 Å². The molecule has 2 aliphatic rings. The highest BCUT2D eigenvalue weighted by Crippen LogP contribution is 2.47. The molecule has 5 rings (SSSR count). The smallest absolute Gasteiger partial charge is 0.269 e. The van der Waals surface area contributed by atoms with Crippen LogP contribution in [0.1, 0.15) is 11.6 Å². The van der Waals surface area contributed by atoms with Crippen LogP contribution in [0, 0.1) is 16.0 Å². The fourth-order valence-corrected chi connectivity index (χ4v) is 4.33. The number of carbonyl (C=O) groups is 2. The van der Waals surface area contributed by atoms with Crippen LogP contribution >= 0.6 is 0 Å². The number of amides is 2. The predicted octanol–water partition coefficient (Wildman–Crippen LogP) is 3.65. The standard InChI is InChI=1S/C24H19N3O6/c1-32-19-13-7-15(8-14-19)21-20-22(33-26(21)17-5-3-2-4-6-17)24(29)25(23(20)28)16-9-11-18(12-10-16)27(30)31/h2-14,20-22H,1H3/t20-,21-,22+/m1/s1. The van der Waals surface area contributed by atoms with Gasteiger partial charge in [-0.15, -0.1) is 0 Å². The molecule has 9 nitrogen and oxygen atoms in total. The van der Waals surface area contributed by atoms with Gasteiger partial charge < -0.3 is 4.74 Å². The molecule has 0 radical (unpaired) electrons. The van der Waals surface area contributed by atoms with Crippen LogP contribution in [0.2, 0.25) is 0 Å². The van der Waals surface area contributed by atoms with Gasteiger partial charge in [0.2, 0.25) is 5.91 Å². The summed E-state index contributed by atoms with van der Waals surface area (Å²) in [5.41, 5.74) is 1.66. The number of hydrogen-bond donors (Lipinski definition) is 0. The maximum absolute atomic E-state index is 13.5. The largest absolute Gasteiger partial charge is 0.497 e. The number of non-ortho nitro benzene ring substituents is 1. The number of para-hydroxylation sites is 1. The van der Waals surface area contributed by atoms with E-state index in [1.807, 2.05) is 42.5 Å². The summed E-state index contributed by atoms with van der Waals surface area (Å²) in [5, 5.41) is 12.6. The fourth-order valence-electron chi connectivity index (χ4n) is 4.33. The van der Waals surface area contributed by atoms with Gasteiger partial charge in [-0.1, -0.05) is 30.3 Å². The molecular formula is C24H19N3O6. The minimum absolute atomic E-state index is 0.124. The summed E-state index contributed by atoms with van der Waals surface area (Å²) in [5.74, 6) is -1.04. The van der Waals surface area contributed by atoms with Gasteiger partial charge in [0.05, 0.1) is 29.4 Å². The van der Waals surface area contributed by atoms with E-state index in [1.54, 1.807) is 24.3 Å². The SMILES string of the molecule is COc1ccc([C@@H]2[C@H]3C(=O)N(c4ccc([N+](=O)[O-])cc4)C(=O)[C@H]3ON2c2ccccc2)cc1. The molecule has 0 saturated carbocycles. The van der Waals surface area contributed by atoms with Gasteiger partial charge in [-0.05, 0) is 42.0 Å². The number of benzene rings is 3. The van der Waals surface area contributed by atoms with Crippen molar-refractivity contribution in [3.63, 3.8) is 0 Å². The molecule has 2 amide bonds. The maximum atomic E-state index is 13.5. The molecule has 0 spiro atoms. The van der Waals surface area contributed by atoms with E-state index in [9.17, 15) is 19.7 Å². The van der Waals surface area contributed by atoms with Gasteiger partial charge in [0, 0.05) is 12.1 Å². The topological polar surface area (TPSA) is 102 Å². The minimum Gasteiger partial charge on any atom is -0.497 e. The van der Waals surface area contributed by atoms with Gasteiger partial charge in [0.15, 0.2) is 6.10 Å². The average molecular weight is 445 g/mol. The maximum Gasteiger partial charge on any atom is 0.269 e. The molecule has 33 heavy (non-hydrogen) atoms. The first kappa shape index (κ1) is 20.7. The summed E-state index contributed by atoms with van der Waals surface area (Å²) >= 11 is 0. The Morgan fingerprint density at radius 1 is 0.879 bits per heavy atom. The molecule has 0 unspecified atom stereocenters. The van der Waals surface area contributed by atoms with E-state index in [1.165, 1.54) is 24.3 Å². The van der Waals surface area contributed by atoms with E-state index in [0.29, 0.717) is 5.75 Å². The second-order valence-electron chi connectivity index (χ2n) is 7.72. The Morgan fingerprint density at radius 3 is 2.15 bits per heavy atom.